The Morgan fingerprint density at radius 1 is 1.46 bits per heavy atom. The van der Waals surface area contributed by atoms with Crippen molar-refractivity contribution < 1.29 is 0 Å². The van der Waals surface area contributed by atoms with E-state index in [2.05, 4.69) is 9.97 Å². The van der Waals surface area contributed by atoms with E-state index in [4.69, 9.17) is 5.73 Å². The van der Waals surface area contributed by atoms with Crippen LogP contribution in [0.3, 0.4) is 0 Å². The molecular weight excluding hydrogens is 184 g/mol. The van der Waals surface area contributed by atoms with Crippen molar-refractivity contribution in [2.75, 3.05) is 0 Å². The highest BCUT2D eigenvalue weighted by molar-refractivity contribution is 7.07. The molecule has 0 saturated carbocycles. The van der Waals surface area contributed by atoms with Gasteiger partial charge in [-0.2, -0.15) is 0 Å². The zero-order valence-electron chi connectivity index (χ0n) is 7.05. The van der Waals surface area contributed by atoms with E-state index in [1.165, 1.54) is 0 Å². The Balaban J connectivity index is 2.18. The molecule has 2 aromatic heterocycles. The molecule has 0 fully saturated rings. The quantitative estimate of drug-likeness (QED) is 0.788. The minimum absolute atomic E-state index is 0.469. The fourth-order valence-electron chi connectivity index (χ4n) is 1.16. The molecule has 0 spiro atoms. The molecule has 0 aromatic carbocycles. The number of rotatable bonds is 3. The third kappa shape index (κ3) is 1.76. The van der Waals surface area contributed by atoms with Gasteiger partial charge in [0.25, 0.3) is 0 Å². The van der Waals surface area contributed by atoms with Gasteiger partial charge >= 0.3 is 0 Å². The molecule has 0 aliphatic carbocycles. The third-order valence-corrected chi connectivity index (χ3v) is 2.44. The van der Waals surface area contributed by atoms with Gasteiger partial charge in [-0.05, 0) is 0 Å². The molecule has 0 bridgehead atoms. The van der Waals surface area contributed by atoms with Crippen LogP contribution in [0.25, 0.3) is 0 Å². The van der Waals surface area contributed by atoms with Gasteiger partial charge in [0.2, 0.25) is 0 Å². The SMILES string of the molecule is NCc1nccn1Cc1cscn1. The van der Waals surface area contributed by atoms with Crippen molar-refractivity contribution in [2.24, 2.45) is 5.73 Å². The van der Waals surface area contributed by atoms with E-state index in [9.17, 15) is 0 Å². The minimum atomic E-state index is 0.469. The molecule has 2 rings (SSSR count). The van der Waals surface area contributed by atoms with Crippen LogP contribution in [0.4, 0.5) is 0 Å². The van der Waals surface area contributed by atoms with Crippen molar-refractivity contribution in [3.63, 3.8) is 0 Å². The minimum Gasteiger partial charge on any atom is -0.328 e. The van der Waals surface area contributed by atoms with Crippen molar-refractivity contribution in [3.8, 4) is 0 Å². The fraction of sp³-hybridized carbons (Fsp3) is 0.250. The van der Waals surface area contributed by atoms with Crippen molar-refractivity contribution in [3.05, 3.63) is 34.8 Å². The molecule has 0 unspecified atom stereocenters. The molecule has 0 radical (unpaired) electrons. The van der Waals surface area contributed by atoms with Crippen LogP contribution in [0.15, 0.2) is 23.3 Å². The van der Waals surface area contributed by atoms with Crippen molar-refractivity contribution in [2.45, 2.75) is 13.1 Å². The van der Waals surface area contributed by atoms with Crippen LogP contribution in [-0.4, -0.2) is 14.5 Å². The smallest absolute Gasteiger partial charge is 0.122 e. The maximum absolute atomic E-state index is 5.52. The van der Waals surface area contributed by atoms with Crippen molar-refractivity contribution in [1.29, 1.82) is 0 Å². The summed E-state index contributed by atoms with van der Waals surface area (Å²) in [6.45, 7) is 1.23. The summed E-state index contributed by atoms with van der Waals surface area (Å²) < 4.78 is 2.01. The van der Waals surface area contributed by atoms with E-state index in [1.54, 1.807) is 17.5 Å². The topological polar surface area (TPSA) is 56.7 Å². The zero-order valence-corrected chi connectivity index (χ0v) is 7.87. The molecule has 0 aliphatic rings. The number of aromatic nitrogens is 3. The molecule has 13 heavy (non-hydrogen) atoms. The molecule has 0 aliphatic heterocycles. The summed E-state index contributed by atoms with van der Waals surface area (Å²) in [4.78, 5) is 8.32. The van der Waals surface area contributed by atoms with E-state index in [1.807, 2.05) is 21.7 Å². The number of nitrogens with zero attached hydrogens (tertiary/aromatic N) is 3. The average Bonchev–Trinajstić information content (AvgIpc) is 2.76. The third-order valence-electron chi connectivity index (χ3n) is 1.80. The summed E-state index contributed by atoms with van der Waals surface area (Å²) in [5.74, 6) is 0.896. The van der Waals surface area contributed by atoms with Crippen molar-refractivity contribution in [1.82, 2.24) is 14.5 Å². The van der Waals surface area contributed by atoms with Crippen LogP contribution in [0.1, 0.15) is 11.5 Å². The second-order valence-electron chi connectivity index (χ2n) is 2.66. The Morgan fingerprint density at radius 3 is 3.08 bits per heavy atom. The highest BCUT2D eigenvalue weighted by atomic mass is 32.1. The predicted molar refractivity (Wildman–Crippen MR) is 51.3 cm³/mol. The van der Waals surface area contributed by atoms with Gasteiger partial charge in [0.05, 0.1) is 24.3 Å². The lowest BCUT2D eigenvalue weighted by molar-refractivity contribution is 0.713. The maximum atomic E-state index is 5.52. The van der Waals surface area contributed by atoms with E-state index >= 15 is 0 Å². The second-order valence-corrected chi connectivity index (χ2v) is 3.37. The number of nitrogens with two attached hydrogens (primary N) is 1. The summed E-state index contributed by atoms with van der Waals surface area (Å²) >= 11 is 1.60. The summed E-state index contributed by atoms with van der Waals surface area (Å²) in [5.41, 5.74) is 8.40. The molecule has 2 N–H and O–H groups in total. The molecular formula is C8H10N4S. The first-order valence-electron chi connectivity index (χ1n) is 3.97. The summed E-state index contributed by atoms with van der Waals surface area (Å²) in [5, 5.41) is 2.03. The van der Waals surface area contributed by atoms with Gasteiger partial charge < -0.3 is 10.3 Å². The highest BCUT2D eigenvalue weighted by Gasteiger charge is 2.01. The first kappa shape index (κ1) is 8.40. The number of hydrogen-bond donors (Lipinski definition) is 1. The molecule has 2 heterocycles. The van der Waals surface area contributed by atoms with Gasteiger partial charge in [-0.3, -0.25) is 0 Å². The predicted octanol–water partition coefficient (Wildman–Crippen LogP) is 0.847. The van der Waals surface area contributed by atoms with E-state index in [0.717, 1.165) is 18.1 Å². The molecule has 2 aromatic rings. The van der Waals surface area contributed by atoms with Crippen LogP contribution in [-0.2, 0) is 13.1 Å². The molecule has 4 nitrogen and oxygen atoms in total. The largest absolute Gasteiger partial charge is 0.328 e. The van der Waals surface area contributed by atoms with E-state index in [0.29, 0.717) is 6.54 Å². The maximum Gasteiger partial charge on any atom is 0.122 e. The number of hydrogen-bond acceptors (Lipinski definition) is 4. The van der Waals surface area contributed by atoms with Crippen LogP contribution in [0.5, 0.6) is 0 Å². The normalized spacial score (nSPS) is 10.5. The standard InChI is InChI=1S/C8H10N4S/c9-3-8-10-1-2-12(8)4-7-5-13-6-11-7/h1-2,5-6H,3-4,9H2. The lowest BCUT2D eigenvalue weighted by atomic mass is 10.4. The van der Waals surface area contributed by atoms with Gasteiger partial charge in [-0.1, -0.05) is 0 Å². The van der Waals surface area contributed by atoms with Gasteiger partial charge in [-0.15, -0.1) is 11.3 Å². The van der Waals surface area contributed by atoms with E-state index < -0.39 is 0 Å². The Bertz CT molecular complexity index is 365. The number of thiazole rings is 1. The van der Waals surface area contributed by atoms with Gasteiger partial charge in [-0.25, -0.2) is 9.97 Å². The van der Waals surface area contributed by atoms with Gasteiger partial charge in [0.15, 0.2) is 0 Å². The van der Waals surface area contributed by atoms with Crippen LogP contribution >= 0.6 is 11.3 Å². The highest BCUT2D eigenvalue weighted by Crippen LogP contribution is 2.05. The summed E-state index contributed by atoms with van der Waals surface area (Å²) in [6, 6.07) is 0. The average molecular weight is 194 g/mol. The summed E-state index contributed by atoms with van der Waals surface area (Å²) in [7, 11) is 0. The van der Waals surface area contributed by atoms with Crippen molar-refractivity contribution >= 4 is 11.3 Å². The zero-order chi connectivity index (χ0) is 9.10. The Hall–Kier alpha value is -1.20. The second kappa shape index (κ2) is 3.68. The molecule has 68 valence electrons. The fourth-order valence-corrected chi connectivity index (χ4v) is 1.71. The van der Waals surface area contributed by atoms with Gasteiger partial charge in [0, 0.05) is 17.8 Å². The lowest BCUT2D eigenvalue weighted by Gasteiger charge is -2.02. The lowest BCUT2D eigenvalue weighted by Crippen LogP contribution is -2.08. The monoisotopic (exact) mass is 194 g/mol. The molecule has 0 atom stereocenters. The molecule has 0 amide bonds. The van der Waals surface area contributed by atoms with Gasteiger partial charge in [0.1, 0.15) is 5.82 Å². The Morgan fingerprint density at radius 2 is 2.38 bits per heavy atom. The summed E-state index contributed by atoms with van der Waals surface area (Å²) in [6.07, 6.45) is 3.68. The molecule has 0 saturated heterocycles. The van der Waals surface area contributed by atoms with Crippen LogP contribution < -0.4 is 5.73 Å². The Kier molecular flexibility index (Phi) is 2.37. The first-order valence-corrected chi connectivity index (χ1v) is 4.91. The molecule has 5 heteroatoms. The Labute approximate surface area is 80.1 Å². The van der Waals surface area contributed by atoms with Crippen LogP contribution in [0.2, 0.25) is 0 Å². The van der Waals surface area contributed by atoms with E-state index in [-0.39, 0.29) is 0 Å². The first-order chi connectivity index (χ1) is 6.40. The number of imidazole rings is 1. The van der Waals surface area contributed by atoms with Crippen LogP contribution in [0, 0.1) is 0 Å².